The quantitative estimate of drug-likeness (QED) is 0.841. The van der Waals surface area contributed by atoms with E-state index in [-0.39, 0.29) is 18.1 Å². The zero-order valence-corrected chi connectivity index (χ0v) is 14.1. The summed E-state index contributed by atoms with van der Waals surface area (Å²) in [7, 11) is 0. The molecule has 0 unspecified atom stereocenters. The molecule has 0 spiro atoms. The number of benzene rings is 1. The summed E-state index contributed by atoms with van der Waals surface area (Å²) in [6, 6.07) is 10.1. The normalized spacial score (nSPS) is 21.0. The maximum atomic E-state index is 12.4. The number of hydrogen-bond acceptors (Lipinski definition) is 5. The highest BCUT2D eigenvalue weighted by molar-refractivity contribution is 5.76. The first kappa shape index (κ1) is 16.6. The predicted octanol–water partition coefficient (Wildman–Crippen LogP) is 2.23. The number of aryl methyl sites for hydroxylation is 1. The van der Waals surface area contributed by atoms with Gasteiger partial charge in [-0.2, -0.15) is 4.98 Å². The van der Waals surface area contributed by atoms with Crippen LogP contribution in [0.25, 0.3) is 0 Å². The number of ether oxygens (including phenoxy) is 1. The molecule has 1 fully saturated rings. The summed E-state index contributed by atoms with van der Waals surface area (Å²) in [4.78, 5) is 18.7. The van der Waals surface area contributed by atoms with Gasteiger partial charge < -0.3 is 14.2 Å². The lowest BCUT2D eigenvalue weighted by molar-refractivity contribution is -0.143. The minimum Gasteiger partial charge on any atom is -0.375 e. The van der Waals surface area contributed by atoms with Crippen molar-refractivity contribution in [1.29, 1.82) is 0 Å². The van der Waals surface area contributed by atoms with Crippen LogP contribution in [0.15, 0.2) is 34.9 Å². The van der Waals surface area contributed by atoms with Crippen molar-refractivity contribution in [2.45, 2.75) is 45.3 Å². The van der Waals surface area contributed by atoms with E-state index in [2.05, 4.69) is 10.1 Å². The van der Waals surface area contributed by atoms with E-state index in [4.69, 9.17) is 9.26 Å². The monoisotopic (exact) mass is 329 g/mol. The maximum Gasteiger partial charge on any atom is 0.227 e. The Morgan fingerprint density at radius 1 is 1.29 bits per heavy atom. The van der Waals surface area contributed by atoms with E-state index in [1.165, 1.54) is 0 Å². The Morgan fingerprint density at radius 2 is 2.08 bits per heavy atom. The molecule has 0 aliphatic carbocycles. The van der Waals surface area contributed by atoms with Crippen LogP contribution in [-0.4, -0.2) is 46.2 Å². The minimum atomic E-state index is 0.0889. The predicted molar refractivity (Wildman–Crippen MR) is 88.5 cm³/mol. The molecular weight excluding hydrogens is 306 g/mol. The third kappa shape index (κ3) is 4.20. The van der Waals surface area contributed by atoms with Gasteiger partial charge in [0.2, 0.25) is 11.8 Å². The summed E-state index contributed by atoms with van der Waals surface area (Å²) in [6.07, 6.45) is 1.57. The highest BCUT2D eigenvalue weighted by atomic mass is 16.5. The molecule has 0 radical (unpaired) electrons. The van der Waals surface area contributed by atoms with Gasteiger partial charge in [0.1, 0.15) is 0 Å². The Balaban J connectivity index is 1.52. The maximum absolute atomic E-state index is 12.4. The Kier molecular flexibility index (Phi) is 5.25. The van der Waals surface area contributed by atoms with E-state index in [1.54, 1.807) is 0 Å². The first-order valence-electron chi connectivity index (χ1n) is 8.38. The second kappa shape index (κ2) is 7.57. The van der Waals surface area contributed by atoms with E-state index < -0.39 is 0 Å². The molecule has 6 heteroatoms. The van der Waals surface area contributed by atoms with Gasteiger partial charge in [-0.05, 0) is 19.4 Å². The van der Waals surface area contributed by atoms with Gasteiger partial charge in [0.05, 0.1) is 18.8 Å². The van der Waals surface area contributed by atoms with E-state index in [9.17, 15) is 4.79 Å². The van der Waals surface area contributed by atoms with Crippen LogP contribution in [0.1, 0.15) is 37.5 Å². The number of carbonyl (C=O) groups excluding carboxylic acids is 1. The minimum absolute atomic E-state index is 0.0889. The number of nitrogens with zero attached hydrogens (tertiary/aromatic N) is 3. The number of amides is 1. The lowest BCUT2D eigenvalue weighted by Gasteiger charge is -2.36. The van der Waals surface area contributed by atoms with Crippen LogP contribution in [0, 0.1) is 0 Å². The molecule has 0 bridgehead atoms. The highest BCUT2D eigenvalue weighted by Crippen LogP contribution is 2.14. The van der Waals surface area contributed by atoms with Crippen molar-refractivity contribution in [3.8, 4) is 0 Å². The van der Waals surface area contributed by atoms with Gasteiger partial charge in [-0.25, -0.2) is 0 Å². The van der Waals surface area contributed by atoms with Crippen molar-refractivity contribution in [3.05, 3.63) is 47.6 Å². The fraction of sp³-hybridized carbons (Fsp3) is 0.500. The molecule has 1 aliphatic rings. The molecule has 2 heterocycles. The molecule has 128 valence electrons. The molecule has 1 saturated heterocycles. The third-order valence-corrected chi connectivity index (χ3v) is 4.20. The molecule has 0 N–H and O–H groups in total. The zero-order chi connectivity index (χ0) is 16.9. The van der Waals surface area contributed by atoms with Crippen molar-refractivity contribution in [2.75, 3.05) is 13.2 Å². The fourth-order valence-electron chi connectivity index (χ4n) is 2.85. The van der Waals surface area contributed by atoms with E-state index in [0.29, 0.717) is 44.1 Å². The van der Waals surface area contributed by atoms with Gasteiger partial charge in [0.25, 0.3) is 0 Å². The zero-order valence-electron chi connectivity index (χ0n) is 14.1. The van der Waals surface area contributed by atoms with Crippen LogP contribution in [-0.2, 0) is 22.4 Å². The van der Waals surface area contributed by atoms with Crippen LogP contribution < -0.4 is 0 Å². The van der Waals surface area contributed by atoms with E-state index >= 15 is 0 Å². The van der Waals surface area contributed by atoms with Crippen molar-refractivity contribution < 1.29 is 14.1 Å². The van der Waals surface area contributed by atoms with Gasteiger partial charge in [-0.15, -0.1) is 0 Å². The van der Waals surface area contributed by atoms with E-state index in [1.807, 2.05) is 49.1 Å². The molecule has 1 aromatic carbocycles. The molecule has 3 rings (SSSR count). The van der Waals surface area contributed by atoms with Crippen LogP contribution in [0.5, 0.6) is 0 Å². The lowest BCUT2D eigenvalue weighted by Crippen LogP contribution is -2.50. The molecule has 2 atom stereocenters. The molecule has 1 amide bonds. The smallest absolute Gasteiger partial charge is 0.227 e. The van der Waals surface area contributed by atoms with Crippen LogP contribution in [0.2, 0.25) is 0 Å². The lowest BCUT2D eigenvalue weighted by atomic mass is 10.1. The first-order valence-corrected chi connectivity index (χ1v) is 8.38. The van der Waals surface area contributed by atoms with Crippen LogP contribution in [0.3, 0.4) is 0 Å². The van der Waals surface area contributed by atoms with Gasteiger partial charge in [-0.1, -0.05) is 35.5 Å². The summed E-state index contributed by atoms with van der Waals surface area (Å²) in [5, 5.41) is 4.00. The molecule has 0 saturated carbocycles. The Bertz CT molecular complexity index is 671. The van der Waals surface area contributed by atoms with Crippen molar-refractivity contribution in [1.82, 2.24) is 15.0 Å². The number of carbonyl (C=O) groups is 1. The molecular formula is C18H23N3O3. The topological polar surface area (TPSA) is 68.5 Å². The standard InChI is InChI=1S/C18H23N3O3/c1-13-12-23-14(2)11-21(13)18(22)9-8-17-19-16(20-24-17)10-15-6-4-3-5-7-15/h3-7,13-14H,8-12H2,1-2H3/t13-,14+/m1/s1. The molecule has 6 nitrogen and oxygen atoms in total. The average Bonchev–Trinajstić information content (AvgIpc) is 3.03. The average molecular weight is 329 g/mol. The van der Waals surface area contributed by atoms with Crippen molar-refractivity contribution in [3.63, 3.8) is 0 Å². The van der Waals surface area contributed by atoms with Gasteiger partial charge >= 0.3 is 0 Å². The Morgan fingerprint density at radius 3 is 2.88 bits per heavy atom. The van der Waals surface area contributed by atoms with Crippen LogP contribution >= 0.6 is 0 Å². The number of aromatic nitrogens is 2. The summed E-state index contributed by atoms with van der Waals surface area (Å²) in [5.74, 6) is 1.28. The second-order valence-corrected chi connectivity index (χ2v) is 6.31. The Hall–Kier alpha value is -2.21. The van der Waals surface area contributed by atoms with Crippen molar-refractivity contribution in [2.24, 2.45) is 0 Å². The number of morpholine rings is 1. The number of rotatable bonds is 5. The molecule has 2 aromatic rings. The molecule has 24 heavy (non-hydrogen) atoms. The first-order chi connectivity index (χ1) is 11.6. The molecule has 1 aliphatic heterocycles. The van der Waals surface area contributed by atoms with E-state index in [0.717, 1.165) is 5.56 Å². The summed E-state index contributed by atoms with van der Waals surface area (Å²) >= 11 is 0. The highest BCUT2D eigenvalue weighted by Gasteiger charge is 2.27. The van der Waals surface area contributed by atoms with Gasteiger partial charge in [0, 0.05) is 25.8 Å². The molecule has 1 aromatic heterocycles. The number of hydrogen-bond donors (Lipinski definition) is 0. The summed E-state index contributed by atoms with van der Waals surface area (Å²) in [6.45, 7) is 5.23. The third-order valence-electron chi connectivity index (χ3n) is 4.20. The van der Waals surface area contributed by atoms with Crippen molar-refractivity contribution >= 4 is 5.91 Å². The largest absolute Gasteiger partial charge is 0.375 e. The van der Waals surface area contributed by atoms with Crippen LogP contribution in [0.4, 0.5) is 0 Å². The van der Waals surface area contributed by atoms with Gasteiger partial charge in [-0.3, -0.25) is 4.79 Å². The fourth-order valence-corrected chi connectivity index (χ4v) is 2.85. The SMILES string of the molecule is C[C@@H]1CO[C@@H](C)CN1C(=O)CCc1nc(Cc2ccccc2)no1. The second-order valence-electron chi connectivity index (χ2n) is 6.31. The Labute approximate surface area is 141 Å². The van der Waals surface area contributed by atoms with Gasteiger partial charge in [0.15, 0.2) is 5.82 Å². The summed E-state index contributed by atoms with van der Waals surface area (Å²) in [5.41, 5.74) is 1.14. The summed E-state index contributed by atoms with van der Waals surface area (Å²) < 4.78 is 10.8.